The normalized spacial score (nSPS) is 11.7. The van der Waals surface area contributed by atoms with Crippen molar-refractivity contribution in [1.82, 2.24) is 0 Å². The number of unbranched alkanes of at least 4 members (excludes halogenated alkanes) is 35. The van der Waals surface area contributed by atoms with E-state index in [-0.39, 0.29) is 16.5 Å². The standard InChI is InChI=1S/C62H102N2.Ni/c1-4-7-10-12-14-16-18-20-22-23-24-25-26-27-28-29-30-31-32-33-34-36-38-40-42-44-49-58-50-48-54-60(56-58)64-61(53-9-6-3)57-63-62-55-47-46-52-59(62)51-45-43-41-39-37-35-21-19-17-15-13-11-8-5-2;/h44,46-50,52,54-57H,4-38,40,42-43,45,51,53H2,1-3H3;/b49-44+,63-57?,64-61?;. The van der Waals surface area contributed by atoms with Gasteiger partial charge >= 0.3 is 0 Å². The summed E-state index contributed by atoms with van der Waals surface area (Å²) in [5.41, 5.74) is 5.67. The topological polar surface area (TPSA) is 24.7 Å². The molecule has 0 amide bonds. The Hall–Kier alpha value is -2.43. The molecule has 0 spiro atoms. The summed E-state index contributed by atoms with van der Waals surface area (Å²) >= 11 is 0. The fourth-order valence-corrected chi connectivity index (χ4v) is 8.88. The number of hydrogen-bond donors (Lipinski definition) is 0. The van der Waals surface area contributed by atoms with Crippen molar-refractivity contribution in [2.45, 2.75) is 284 Å². The van der Waals surface area contributed by atoms with Gasteiger partial charge in [-0.2, -0.15) is 0 Å². The number of para-hydroxylation sites is 1. The zero-order chi connectivity index (χ0) is 45.5. The maximum Gasteiger partial charge on any atom is 0.0662 e. The Labute approximate surface area is 415 Å². The molecule has 0 unspecified atom stereocenters. The third-order valence-electron chi connectivity index (χ3n) is 13.1. The Morgan fingerprint density at radius 1 is 0.462 bits per heavy atom. The summed E-state index contributed by atoms with van der Waals surface area (Å²) in [5, 5.41) is 0. The molecule has 0 fully saturated rings. The first-order valence-corrected chi connectivity index (χ1v) is 28.2. The Kier molecular flexibility index (Phi) is 44.8. The van der Waals surface area contributed by atoms with E-state index in [4.69, 9.17) is 9.98 Å². The number of aryl methyl sites for hydroxylation is 1. The van der Waals surface area contributed by atoms with Gasteiger partial charge in [0.15, 0.2) is 0 Å². The minimum Gasteiger partial charge on any atom is -0.255 e. The summed E-state index contributed by atoms with van der Waals surface area (Å²) in [5.74, 6) is 6.88. The van der Waals surface area contributed by atoms with Crippen LogP contribution >= 0.6 is 0 Å². The number of aliphatic imine (C=N–C) groups is 2. The van der Waals surface area contributed by atoms with Crippen LogP contribution in [0, 0.1) is 11.8 Å². The Balaban J connectivity index is 0.0000211. The fourth-order valence-electron chi connectivity index (χ4n) is 8.88. The maximum atomic E-state index is 5.10. The first-order valence-electron chi connectivity index (χ1n) is 28.2. The van der Waals surface area contributed by atoms with E-state index < -0.39 is 0 Å². The second-order valence-corrected chi connectivity index (χ2v) is 19.3. The molecule has 0 heterocycles. The van der Waals surface area contributed by atoms with Crippen LogP contribution in [0.5, 0.6) is 0 Å². The van der Waals surface area contributed by atoms with E-state index in [1.54, 1.807) is 0 Å². The van der Waals surface area contributed by atoms with Gasteiger partial charge in [-0.05, 0) is 74.3 Å². The Bertz CT molecular complexity index is 1480. The number of nitrogens with zero attached hydrogens (tertiary/aromatic N) is 2. The smallest absolute Gasteiger partial charge is 0.0662 e. The van der Waals surface area contributed by atoms with E-state index >= 15 is 0 Å². The molecule has 2 aromatic carbocycles. The maximum absolute atomic E-state index is 5.10. The minimum atomic E-state index is 0. The summed E-state index contributed by atoms with van der Waals surface area (Å²) in [6.07, 6.45) is 62.0. The number of rotatable bonds is 44. The van der Waals surface area contributed by atoms with Gasteiger partial charge in [-0.3, -0.25) is 9.98 Å². The van der Waals surface area contributed by atoms with Gasteiger partial charge in [0, 0.05) is 35.5 Å². The summed E-state index contributed by atoms with van der Waals surface area (Å²) in [6, 6.07) is 17.3. The molecule has 0 bridgehead atoms. The minimum absolute atomic E-state index is 0. The van der Waals surface area contributed by atoms with Crippen molar-refractivity contribution < 1.29 is 16.5 Å². The van der Waals surface area contributed by atoms with Gasteiger partial charge in [0.1, 0.15) is 0 Å². The number of benzene rings is 2. The molecule has 370 valence electrons. The molecule has 0 saturated carbocycles. The molecule has 0 aliphatic rings. The summed E-state index contributed by atoms with van der Waals surface area (Å²) in [4.78, 5) is 10.1. The van der Waals surface area contributed by atoms with E-state index in [1.807, 2.05) is 6.21 Å². The summed E-state index contributed by atoms with van der Waals surface area (Å²) < 4.78 is 0. The summed E-state index contributed by atoms with van der Waals surface area (Å²) in [7, 11) is 0. The van der Waals surface area contributed by atoms with Crippen molar-refractivity contribution in [3.05, 3.63) is 65.7 Å². The second-order valence-electron chi connectivity index (χ2n) is 19.3. The third-order valence-corrected chi connectivity index (χ3v) is 13.1. The van der Waals surface area contributed by atoms with Crippen LogP contribution in [0.2, 0.25) is 0 Å². The predicted octanol–water partition coefficient (Wildman–Crippen LogP) is 21.4. The van der Waals surface area contributed by atoms with Crippen LogP contribution in [0.25, 0.3) is 6.08 Å². The van der Waals surface area contributed by atoms with Gasteiger partial charge in [-0.25, -0.2) is 0 Å². The van der Waals surface area contributed by atoms with Crippen molar-refractivity contribution in [3.8, 4) is 11.8 Å². The Morgan fingerprint density at radius 3 is 1.42 bits per heavy atom. The van der Waals surface area contributed by atoms with E-state index in [9.17, 15) is 0 Å². The van der Waals surface area contributed by atoms with Gasteiger partial charge in [-0.1, -0.05) is 269 Å². The third kappa shape index (κ3) is 38.3. The quantitative estimate of drug-likeness (QED) is 0.0274. The summed E-state index contributed by atoms with van der Waals surface area (Å²) in [6.45, 7) is 6.85. The Morgan fingerprint density at radius 2 is 0.908 bits per heavy atom. The molecule has 65 heavy (non-hydrogen) atoms. The van der Waals surface area contributed by atoms with E-state index in [0.29, 0.717) is 0 Å². The molecule has 2 rings (SSSR count). The van der Waals surface area contributed by atoms with Crippen molar-refractivity contribution in [2.75, 3.05) is 0 Å². The van der Waals surface area contributed by atoms with Crippen molar-refractivity contribution in [2.24, 2.45) is 9.98 Å². The molecule has 0 atom stereocenters. The average molecular weight is 934 g/mol. The van der Waals surface area contributed by atoms with E-state index in [0.717, 1.165) is 68.5 Å². The van der Waals surface area contributed by atoms with Crippen molar-refractivity contribution in [3.63, 3.8) is 0 Å². The molecule has 0 aliphatic carbocycles. The van der Waals surface area contributed by atoms with Crippen LogP contribution in [-0.4, -0.2) is 11.9 Å². The van der Waals surface area contributed by atoms with Crippen LogP contribution in [0.4, 0.5) is 11.4 Å². The molecule has 0 saturated heterocycles. The number of hydrogen-bond acceptors (Lipinski definition) is 2. The van der Waals surface area contributed by atoms with Gasteiger partial charge < -0.3 is 0 Å². The molecular weight excluding hydrogens is 831 g/mol. The largest absolute Gasteiger partial charge is 0.255 e. The molecule has 0 radical (unpaired) electrons. The molecule has 2 nitrogen and oxygen atoms in total. The molecule has 3 heteroatoms. The second kappa shape index (κ2) is 48.0. The van der Waals surface area contributed by atoms with Gasteiger partial charge in [0.2, 0.25) is 0 Å². The van der Waals surface area contributed by atoms with Gasteiger partial charge in [0.05, 0.1) is 17.1 Å². The average Bonchev–Trinajstić information content (AvgIpc) is 3.31. The molecule has 0 aromatic heterocycles. The van der Waals surface area contributed by atoms with Gasteiger partial charge in [-0.15, -0.1) is 11.8 Å². The predicted molar refractivity (Wildman–Crippen MR) is 290 cm³/mol. The van der Waals surface area contributed by atoms with E-state index in [2.05, 4.69) is 93.3 Å². The van der Waals surface area contributed by atoms with Crippen molar-refractivity contribution >= 4 is 29.4 Å². The van der Waals surface area contributed by atoms with Crippen LogP contribution in [0.3, 0.4) is 0 Å². The van der Waals surface area contributed by atoms with E-state index in [1.165, 1.54) is 223 Å². The monoisotopic (exact) mass is 933 g/mol. The molecule has 2 aromatic rings. The van der Waals surface area contributed by atoms with Crippen LogP contribution in [0.15, 0.2) is 64.6 Å². The van der Waals surface area contributed by atoms with Gasteiger partial charge in [0.25, 0.3) is 0 Å². The van der Waals surface area contributed by atoms with Crippen LogP contribution in [0.1, 0.15) is 289 Å². The first kappa shape index (κ1) is 60.6. The molecule has 0 N–H and O–H groups in total. The van der Waals surface area contributed by atoms with Crippen LogP contribution in [-0.2, 0) is 22.9 Å². The van der Waals surface area contributed by atoms with Crippen molar-refractivity contribution in [1.29, 1.82) is 0 Å². The first-order chi connectivity index (χ1) is 31.8. The zero-order valence-electron chi connectivity index (χ0n) is 43.1. The molecule has 0 aliphatic heterocycles. The number of allylic oxidation sites excluding steroid dienone is 1. The SMILES string of the molecule is CCCCCCCCCCCC#CCCCc1ccccc1N=CC(CCCC)=Nc1cccc(/C=C/CCCCCCCCCCCCCCCCCCCCCCCCCC)c1.[Ni]. The fraction of sp³-hybridized carbons (Fsp3) is 0.710. The van der Waals surface area contributed by atoms with Crippen LogP contribution < -0.4 is 0 Å². The zero-order valence-corrected chi connectivity index (χ0v) is 44.0. The molecular formula is C62H102N2Ni.